The van der Waals surface area contributed by atoms with Crippen molar-refractivity contribution < 1.29 is 0 Å². The first-order valence-electron chi connectivity index (χ1n) is 6.66. The Morgan fingerprint density at radius 1 is 1.50 bits per heavy atom. The van der Waals surface area contributed by atoms with Crippen molar-refractivity contribution in [2.45, 2.75) is 39.3 Å². The van der Waals surface area contributed by atoms with Crippen LogP contribution in [0.25, 0.3) is 0 Å². The fourth-order valence-electron chi connectivity index (χ4n) is 2.53. The number of nitrogens with zero attached hydrogens (tertiary/aromatic N) is 2. The lowest BCUT2D eigenvalue weighted by atomic mass is 10.1. The Bertz CT molecular complexity index is 355. The van der Waals surface area contributed by atoms with Crippen LogP contribution in [0.15, 0.2) is 18.3 Å². The normalized spacial score (nSPS) is 20.4. The monoisotopic (exact) mass is 269 g/mol. The van der Waals surface area contributed by atoms with Gasteiger partial charge in [0.05, 0.1) is 0 Å². The largest absolute Gasteiger partial charge is 0.314 e. The Hall–Kier alpha value is -0.640. The fourth-order valence-corrected chi connectivity index (χ4v) is 2.53. The first-order valence-corrected chi connectivity index (χ1v) is 6.66. The Kier molecular flexibility index (Phi) is 6.61. The van der Waals surface area contributed by atoms with Gasteiger partial charge in [-0.05, 0) is 25.0 Å². The third kappa shape index (κ3) is 3.94. The van der Waals surface area contributed by atoms with E-state index in [-0.39, 0.29) is 12.4 Å². The van der Waals surface area contributed by atoms with Crippen molar-refractivity contribution in [3.05, 3.63) is 29.6 Å². The molecule has 1 aliphatic heterocycles. The minimum absolute atomic E-state index is 0. The van der Waals surface area contributed by atoms with E-state index >= 15 is 0 Å². The molecule has 1 saturated heterocycles. The van der Waals surface area contributed by atoms with Crippen molar-refractivity contribution in [3.63, 3.8) is 0 Å². The van der Waals surface area contributed by atoms with E-state index in [1.165, 1.54) is 24.1 Å². The predicted octanol–water partition coefficient (Wildman–Crippen LogP) is 2.39. The maximum atomic E-state index is 4.37. The van der Waals surface area contributed by atoms with Crippen molar-refractivity contribution >= 4 is 12.4 Å². The molecule has 0 aromatic carbocycles. The van der Waals surface area contributed by atoms with Crippen LogP contribution in [0.1, 0.15) is 31.0 Å². The lowest BCUT2D eigenvalue weighted by Crippen LogP contribution is -2.50. The number of piperazine rings is 1. The summed E-state index contributed by atoms with van der Waals surface area (Å²) in [7, 11) is 0. The molecule has 3 nitrogen and oxygen atoms in total. The molecule has 2 heterocycles. The molecule has 0 saturated carbocycles. The molecule has 1 aromatic rings. The van der Waals surface area contributed by atoms with Crippen LogP contribution in [0.2, 0.25) is 0 Å². The summed E-state index contributed by atoms with van der Waals surface area (Å²) in [4.78, 5) is 6.97. The number of hydrogen-bond acceptors (Lipinski definition) is 3. The van der Waals surface area contributed by atoms with Crippen molar-refractivity contribution in [1.29, 1.82) is 0 Å². The number of halogens is 1. The van der Waals surface area contributed by atoms with Crippen molar-refractivity contribution in [2.75, 3.05) is 19.6 Å². The second-order valence-corrected chi connectivity index (χ2v) is 4.87. The van der Waals surface area contributed by atoms with Crippen LogP contribution in [-0.4, -0.2) is 35.6 Å². The summed E-state index contributed by atoms with van der Waals surface area (Å²) in [6.07, 6.45) is 4.42. The summed E-state index contributed by atoms with van der Waals surface area (Å²) in [6.45, 7) is 8.81. The van der Waals surface area contributed by atoms with Crippen LogP contribution in [0.4, 0.5) is 0 Å². The number of aromatic nitrogens is 1. The molecule has 102 valence electrons. The van der Waals surface area contributed by atoms with Gasteiger partial charge in [0, 0.05) is 44.1 Å². The Morgan fingerprint density at radius 3 is 3.06 bits per heavy atom. The number of rotatable bonds is 4. The molecule has 1 aliphatic rings. The van der Waals surface area contributed by atoms with Gasteiger partial charge in [-0.3, -0.25) is 9.88 Å². The van der Waals surface area contributed by atoms with Gasteiger partial charge < -0.3 is 5.32 Å². The molecule has 0 amide bonds. The van der Waals surface area contributed by atoms with Gasteiger partial charge in [-0.1, -0.05) is 19.4 Å². The van der Waals surface area contributed by atoms with E-state index in [0.717, 1.165) is 26.2 Å². The number of hydrogen-bond donors (Lipinski definition) is 1. The van der Waals surface area contributed by atoms with Gasteiger partial charge >= 0.3 is 0 Å². The van der Waals surface area contributed by atoms with E-state index in [0.29, 0.717) is 6.04 Å². The fraction of sp³-hybridized carbons (Fsp3) is 0.643. The second kappa shape index (κ2) is 7.72. The molecule has 0 aliphatic carbocycles. The van der Waals surface area contributed by atoms with Crippen LogP contribution in [0.3, 0.4) is 0 Å². The Morgan fingerprint density at radius 2 is 2.33 bits per heavy atom. The van der Waals surface area contributed by atoms with Crippen LogP contribution in [-0.2, 0) is 6.54 Å². The van der Waals surface area contributed by atoms with E-state index in [1.54, 1.807) is 0 Å². The summed E-state index contributed by atoms with van der Waals surface area (Å²) in [5.74, 6) is 0. The summed E-state index contributed by atoms with van der Waals surface area (Å²) >= 11 is 0. The molecule has 2 rings (SSSR count). The third-order valence-corrected chi connectivity index (χ3v) is 3.58. The van der Waals surface area contributed by atoms with Gasteiger partial charge in [-0.25, -0.2) is 0 Å². The summed E-state index contributed by atoms with van der Waals surface area (Å²) in [5.41, 5.74) is 2.54. The molecular weight excluding hydrogens is 246 g/mol. The molecule has 4 heteroatoms. The van der Waals surface area contributed by atoms with Crippen molar-refractivity contribution in [1.82, 2.24) is 15.2 Å². The SMILES string of the molecule is CCCC1CNCCN1Cc1cccnc1C.Cl. The quantitative estimate of drug-likeness (QED) is 0.910. The van der Waals surface area contributed by atoms with Gasteiger partial charge in [0.15, 0.2) is 0 Å². The van der Waals surface area contributed by atoms with E-state index in [1.807, 2.05) is 12.3 Å². The Labute approximate surface area is 116 Å². The second-order valence-electron chi connectivity index (χ2n) is 4.87. The van der Waals surface area contributed by atoms with Crippen LogP contribution >= 0.6 is 12.4 Å². The minimum atomic E-state index is 0. The van der Waals surface area contributed by atoms with Crippen LogP contribution in [0.5, 0.6) is 0 Å². The summed E-state index contributed by atoms with van der Waals surface area (Å²) in [5, 5.41) is 3.49. The third-order valence-electron chi connectivity index (χ3n) is 3.58. The first kappa shape index (κ1) is 15.4. The zero-order valence-corrected chi connectivity index (χ0v) is 12.2. The van der Waals surface area contributed by atoms with E-state index in [2.05, 4.69) is 35.1 Å². The lowest BCUT2D eigenvalue weighted by molar-refractivity contribution is 0.144. The van der Waals surface area contributed by atoms with Gasteiger partial charge in [0.25, 0.3) is 0 Å². The van der Waals surface area contributed by atoms with Gasteiger partial charge in [-0.2, -0.15) is 0 Å². The number of pyridine rings is 1. The maximum absolute atomic E-state index is 4.37. The highest BCUT2D eigenvalue weighted by molar-refractivity contribution is 5.85. The molecule has 0 radical (unpaired) electrons. The predicted molar refractivity (Wildman–Crippen MR) is 78.2 cm³/mol. The van der Waals surface area contributed by atoms with Gasteiger partial charge in [-0.15, -0.1) is 12.4 Å². The topological polar surface area (TPSA) is 28.2 Å². The minimum Gasteiger partial charge on any atom is -0.314 e. The van der Waals surface area contributed by atoms with Crippen LogP contribution in [0, 0.1) is 6.92 Å². The highest BCUT2D eigenvalue weighted by Crippen LogP contribution is 2.15. The molecule has 1 atom stereocenters. The molecule has 1 aromatic heterocycles. The Balaban J connectivity index is 0.00000162. The van der Waals surface area contributed by atoms with Crippen molar-refractivity contribution in [3.8, 4) is 0 Å². The van der Waals surface area contributed by atoms with Crippen LogP contribution < -0.4 is 5.32 Å². The number of nitrogens with one attached hydrogen (secondary N) is 1. The van der Waals surface area contributed by atoms with E-state index < -0.39 is 0 Å². The molecule has 0 spiro atoms. The highest BCUT2D eigenvalue weighted by Gasteiger charge is 2.21. The molecule has 1 N–H and O–H groups in total. The average Bonchev–Trinajstić information content (AvgIpc) is 2.35. The standard InChI is InChI=1S/C14H23N3.ClH/c1-3-5-14-10-15-8-9-17(14)11-13-6-4-7-16-12(13)2;/h4,6-7,14-15H,3,5,8-11H2,1-2H3;1H. The molecule has 0 bridgehead atoms. The molecule has 18 heavy (non-hydrogen) atoms. The maximum Gasteiger partial charge on any atom is 0.0417 e. The summed E-state index contributed by atoms with van der Waals surface area (Å²) in [6, 6.07) is 4.93. The lowest BCUT2D eigenvalue weighted by Gasteiger charge is -2.36. The average molecular weight is 270 g/mol. The highest BCUT2D eigenvalue weighted by atomic mass is 35.5. The summed E-state index contributed by atoms with van der Waals surface area (Å²) < 4.78 is 0. The van der Waals surface area contributed by atoms with Gasteiger partial charge in [0.2, 0.25) is 0 Å². The van der Waals surface area contributed by atoms with Crippen molar-refractivity contribution in [2.24, 2.45) is 0 Å². The zero-order valence-electron chi connectivity index (χ0n) is 11.4. The number of aryl methyl sites for hydroxylation is 1. The first-order chi connectivity index (χ1) is 8.31. The molecule has 1 fully saturated rings. The molecule has 1 unspecified atom stereocenters. The molecular formula is C14H24ClN3. The van der Waals surface area contributed by atoms with E-state index in [4.69, 9.17) is 0 Å². The zero-order chi connectivity index (χ0) is 12.1. The smallest absolute Gasteiger partial charge is 0.0417 e. The van der Waals surface area contributed by atoms with E-state index in [9.17, 15) is 0 Å². The van der Waals surface area contributed by atoms with Gasteiger partial charge in [0.1, 0.15) is 0 Å².